The highest BCUT2D eigenvalue weighted by atomic mass is 32.1. The zero-order chi connectivity index (χ0) is 23.9. The van der Waals surface area contributed by atoms with E-state index in [0.717, 1.165) is 55.1 Å². The second-order valence-corrected chi connectivity index (χ2v) is 9.87. The zero-order valence-corrected chi connectivity index (χ0v) is 20.7. The van der Waals surface area contributed by atoms with Gasteiger partial charge in [0.25, 0.3) is 0 Å². The lowest BCUT2D eigenvalue weighted by Crippen LogP contribution is -2.38. The molecule has 2 aromatic rings. The first-order chi connectivity index (χ1) is 16.5. The Kier molecular flexibility index (Phi) is 8.32. The lowest BCUT2D eigenvalue weighted by Gasteiger charge is -2.29. The first-order valence-corrected chi connectivity index (χ1v) is 12.8. The van der Waals surface area contributed by atoms with E-state index < -0.39 is 0 Å². The largest absolute Gasteiger partial charge is 0.492 e. The van der Waals surface area contributed by atoms with E-state index in [0.29, 0.717) is 17.7 Å². The normalized spacial score (nSPS) is 19.3. The number of aliphatic hydroxyl groups is 1. The Bertz CT molecular complexity index is 1080. The topological polar surface area (TPSA) is 74.7 Å². The summed E-state index contributed by atoms with van der Waals surface area (Å²) in [6, 6.07) is 7.68. The Morgan fingerprint density at radius 3 is 2.94 bits per heavy atom. The fraction of sp³-hybridized carbons (Fsp3) is 0.407. The third-order valence-electron chi connectivity index (χ3n) is 6.35. The van der Waals surface area contributed by atoms with Gasteiger partial charge in [0, 0.05) is 30.6 Å². The summed E-state index contributed by atoms with van der Waals surface area (Å²) in [4.78, 5) is 19.5. The number of likely N-dealkylation sites (tertiary alicyclic amines) is 1. The van der Waals surface area contributed by atoms with Gasteiger partial charge >= 0.3 is 0 Å². The summed E-state index contributed by atoms with van der Waals surface area (Å²) in [7, 11) is 0. The maximum Gasteiger partial charge on any atom is 0.230 e. The molecule has 0 radical (unpaired) electrons. The molecule has 0 bridgehead atoms. The number of rotatable bonds is 8. The van der Waals surface area contributed by atoms with Crippen LogP contribution in [0.5, 0.6) is 5.75 Å². The van der Waals surface area contributed by atoms with Gasteiger partial charge in [-0.25, -0.2) is 4.98 Å². The van der Waals surface area contributed by atoms with Crippen molar-refractivity contribution in [1.29, 1.82) is 0 Å². The minimum absolute atomic E-state index is 0.0975. The van der Waals surface area contributed by atoms with Gasteiger partial charge in [-0.05, 0) is 43.4 Å². The van der Waals surface area contributed by atoms with Crippen LogP contribution in [0.2, 0.25) is 0 Å². The summed E-state index contributed by atoms with van der Waals surface area (Å²) in [5, 5.41) is 15.1. The van der Waals surface area contributed by atoms with Gasteiger partial charge in [-0.2, -0.15) is 0 Å². The number of allylic oxidation sites excluding steroid dienone is 6. The number of carbonyl (C=O) groups excluding carboxylic acids is 1. The molecule has 34 heavy (non-hydrogen) atoms. The van der Waals surface area contributed by atoms with E-state index in [9.17, 15) is 9.90 Å². The third-order valence-corrected chi connectivity index (χ3v) is 7.11. The fourth-order valence-electron chi connectivity index (χ4n) is 3.99. The van der Waals surface area contributed by atoms with Crippen LogP contribution >= 0.6 is 11.3 Å². The molecule has 1 aliphatic carbocycles. The van der Waals surface area contributed by atoms with Crippen molar-refractivity contribution in [3.63, 3.8) is 0 Å². The number of aliphatic hydroxyl groups excluding tert-OH is 1. The number of anilines is 1. The molecule has 1 aromatic carbocycles. The Balaban J connectivity index is 1.27. The van der Waals surface area contributed by atoms with Crippen LogP contribution in [0.25, 0.3) is 5.57 Å². The van der Waals surface area contributed by atoms with E-state index in [1.807, 2.05) is 29.6 Å². The quantitative estimate of drug-likeness (QED) is 0.574. The fourth-order valence-corrected chi connectivity index (χ4v) is 4.73. The van der Waals surface area contributed by atoms with E-state index in [1.54, 1.807) is 0 Å². The Labute approximate surface area is 205 Å². The molecule has 2 N–H and O–H groups in total. The number of thiazole rings is 1. The van der Waals surface area contributed by atoms with Crippen LogP contribution in [-0.2, 0) is 11.2 Å². The number of piperidine rings is 1. The molecule has 4 rings (SSSR count). The number of benzene rings is 1. The monoisotopic (exact) mass is 479 g/mol. The summed E-state index contributed by atoms with van der Waals surface area (Å²) in [6.07, 6.45) is 10.2. The van der Waals surface area contributed by atoms with Crippen molar-refractivity contribution >= 4 is 27.9 Å². The molecule has 6 nitrogen and oxygen atoms in total. The molecule has 1 aromatic heterocycles. The summed E-state index contributed by atoms with van der Waals surface area (Å²) in [5.74, 6) is 1.08. The zero-order valence-electron chi connectivity index (χ0n) is 19.9. The standard InChI is InChI=1S/C27H33N3O3S/c1-19-6-8-22(9-7-20(19)2)25-18-34-27(28-25)29-26(32)17-21-4-3-5-24(16-21)33-15-14-30-12-10-23(31)11-13-30/h3-9,16,18-19,23,31H,10-15,17H2,1-2H3,(H,28,29,32). The molecule has 1 unspecified atom stereocenters. The van der Waals surface area contributed by atoms with Crippen molar-refractivity contribution in [2.24, 2.45) is 5.92 Å². The van der Waals surface area contributed by atoms with E-state index in [4.69, 9.17) is 4.74 Å². The average Bonchev–Trinajstić information content (AvgIpc) is 3.21. The van der Waals surface area contributed by atoms with Crippen LogP contribution < -0.4 is 10.1 Å². The number of hydrogen-bond acceptors (Lipinski definition) is 6. The molecule has 2 heterocycles. The molecule has 0 spiro atoms. The van der Waals surface area contributed by atoms with Crippen LogP contribution in [0.15, 0.2) is 59.5 Å². The maximum atomic E-state index is 12.6. The smallest absolute Gasteiger partial charge is 0.230 e. The molecule has 7 heteroatoms. The average molecular weight is 480 g/mol. The first kappa shape index (κ1) is 24.4. The van der Waals surface area contributed by atoms with Gasteiger partial charge in [0.05, 0.1) is 18.2 Å². The van der Waals surface area contributed by atoms with Crippen LogP contribution in [0.1, 0.15) is 37.9 Å². The van der Waals surface area contributed by atoms with Crippen molar-refractivity contribution in [1.82, 2.24) is 9.88 Å². The number of amides is 1. The van der Waals surface area contributed by atoms with Crippen molar-refractivity contribution in [2.45, 2.75) is 39.2 Å². The van der Waals surface area contributed by atoms with Gasteiger partial charge in [-0.3, -0.25) is 9.69 Å². The minimum Gasteiger partial charge on any atom is -0.492 e. The Morgan fingerprint density at radius 1 is 1.29 bits per heavy atom. The maximum absolute atomic E-state index is 12.6. The molecule has 180 valence electrons. The van der Waals surface area contributed by atoms with Gasteiger partial charge in [0.15, 0.2) is 5.13 Å². The summed E-state index contributed by atoms with van der Waals surface area (Å²) >= 11 is 1.43. The van der Waals surface area contributed by atoms with Gasteiger partial charge in [-0.1, -0.05) is 48.9 Å². The lowest BCUT2D eigenvalue weighted by atomic mass is 10.0. The molecule has 1 fully saturated rings. The molecule has 1 atom stereocenters. The Hall–Kier alpha value is -2.74. The van der Waals surface area contributed by atoms with Crippen LogP contribution in [-0.4, -0.2) is 53.2 Å². The van der Waals surface area contributed by atoms with Crippen LogP contribution in [0.3, 0.4) is 0 Å². The highest BCUT2D eigenvalue weighted by molar-refractivity contribution is 7.14. The summed E-state index contributed by atoms with van der Waals surface area (Å²) in [5.41, 5.74) is 4.13. The van der Waals surface area contributed by atoms with E-state index in [1.165, 1.54) is 16.9 Å². The molecule has 1 saturated heterocycles. The van der Waals surface area contributed by atoms with E-state index >= 15 is 0 Å². The highest BCUT2D eigenvalue weighted by Crippen LogP contribution is 2.26. The molecular formula is C27H33N3O3S. The van der Waals surface area contributed by atoms with E-state index in [-0.39, 0.29) is 18.4 Å². The number of ether oxygens (including phenoxy) is 1. The van der Waals surface area contributed by atoms with Crippen molar-refractivity contribution in [2.75, 3.05) is 31.6 Å². The predicted molar refractivity (Wildman–Crippen MR) is 138 cm³/mol. The van der Waals surface area contributed by atoms with E-state index in [2.05, 4.69) is 53.4 Å². The van der Waals surface area contributed by atoms with Gasteiger partial charge < -0.3 is 15.2 Å². The van der Waals surface area contributed by atoms with Crippen molar-refractivity contribution < 1.29 is 14.6 Å². The van der Waals surface area contributed by atoms with Crippen LogP contribution in [0, 0.1) is 5.92 Å². The molecule has 1 aliphatic heterocycles. The SMILES string of the molecule is CC1=CC=C(c2csc(NC(=O)Cc3cccc(OCCN4CCC(O)CC4)c3)n2)C=CC1C. The Morgan fingerprint density at radius 2 is 2.12 bits per heavy atom. The van der Waals surface area contributed by atoms with Gasteiger partial charge in [-0.15, -0.1) is 11.3 Å². The number of nitrogens with zero attached hydrogens (tertiary/aromatic N) is 2. The summed E-state index contributed by atoms with van der Waals surface area (Å²) < 4.78 is 5.91. The second-order valence-electron chi connectivity index (χ2n) is 9.01. The van der Waals surface area contributed by atoms with Crippen LogP contribution in [0.4, 0.5) is 5.13 Å². The highest BCUT2D eigenvalue weighted by Gasteiger charge is 2.16. The molecular weight excluding hydrogens is 446 g/mol. The number of nitrogens with one attached hydrogen (secondary N) is 1. The summed E-state index contributed by atoms with van der Waals surface area (Å²) in [6.45, 7) is 7.54. The third kappa shape index (κ3) is 6.88. The van der Waals surface area contributed by atoms with Crippen molar-refractivity contribution in [3.05, 3.63) is 70.8 Å². The minimum atomic E-state index is -0.160. The lowest BCUT2D eigenvalue weighted by molar-refractivity contribution is -0.115. The molecule has 1 amide bonds. The number of hydrogen-bond donors (Lipinski definition) is 2. The van der Waals surface area contributed by atoms with Gasteiger partial charge in [0.1, 0.15) is 12.4 Å². The second kappa shape index (κ2) is 11.6. The number of carbonyl (C=O) groups is 1. The number of aromatic nitrogens is 1. The molecule has 2 aliphatic rings. The van der Waals surface area contributed by atoms with Crippen molar-refractivity contribution in [3.8, 4) is 5.75 Å². The predicted octanol–water partition coefficient (Wildman–Crippen LogP) is 4.70. The van der Waals surface area contributed by atoms with Gasteiger partial charge in [0.2, 0.25) is 5.91 Å². The first-order valence-electron chi connectivity index (χ1n) is 11.9. The molecule has 0 saturated carbocycles.